The van der Waals surface area contributed by atoms with Gasteiger partial charge >= 0.3 is 5.91 Å². The van der Waals surface area contributed by atoms with Crippen molar-refractivity contribution in [3.05, 3.63) is 30.6 Å². The van der Waals surface area contributed by atoms with E-state index >= 15 is 0 Å². The Morgan fingerprint density at radius 1 is 1.22 bits per heavy atom. The molecule has 0 aromatic carbocycles. The zero-order valence-electron chi connectivity index (χ0n) is 5.24. The summed E-state index contributed by atoms with van der Waals surface area (Å²) < 4.78 is 1.53. The van der Waals surface area contributed by atoms with Gasteiger partial charge in [0, 0.05) is 12.1 Å². The molecule has 9 heavy (non-hydrogen) atoms. The number of rotatable bonds is 0. The van der Waals surface area contributed by atoms with Crippen molar-refractivity contribution in [3.63, 3.8) is 0 Å². The number of carbonyl (C=O) groups is 1. The van der Waals surface area contributed by atoms with Gasteiger partial charge in [-0.15, -0.1) is 4.57 Å². The maximum Gasteiger partial charge on any atom is 0.389 e. The molecule has 0 fully saturated rings. The van der Waals surface area contributed by atoms with E-state index in [-0.39, 0.29) is 5.91 Å². The van der Waals surface area contributed by atoms with E-state index in [4.69, 9.17) is 0 Å². The van der Waals surface area contributed by atoms with Gasteiger partial charge in [0.25, 0.3) is 0 Å². The molecule has 0 amide bonds. The van der Waals surface area contributed by atoms with E-state index in [0.717, 1.165) is 0 Å². The van der Waals surface area contributed by atoms with Crippen molar-refractivity contribution in [2.75, 3.05) is 0 Å². The topological polar surface area (TPSA) is 20.9 Å². The second-order valence-corrected chi connectivity index (χ2v) is 1.80. The van der Waals surface area contributed by atoms with Crippen molar-refractivity contribution in [1.82, 2.24) is 0 Å². The quantitative estimate of drug-likeness (QED) is 0.462. The zero-order chi connectivity index (χ0) is 6.69. The van der Waals surface area contributed by atoms with Gasteiger partial charge in [0.1, 0.15) is 0 Å². The van der Waals surface area contributed by atoms with E-state index in [0.29, 0.717) is 0 Å². The van der Waals surface area contributed by atoms with Crippen molar-refractivity contribution < 1.29 is 9.36 Å². The Morgan fingerprint density at radius 3 is 2.11 bits per heavy atom. The van der Waals surface area contributed by atoms with Crippen LogP contribution in [-0.2, 0) is 0 Å². The minimum Gasteiger partial charge on any atom is -0.220 e. The van der Waals surface area contributed by atoms with Gasteiger partial charge in [-0.3, -0.25) is 0 Å². The summed E-state index contributed by atoms with van der Waals surface area (Å²) in [5, 5.41) is 0. The van der Waals surface area contributed by atoms with Crippen LogP contribution in [0.2, 0.25) is 0 Å². The van der Waals surface area contributed by atoms with Gasteiger partial charge in [-0.2, -0.15) is 0 Å². The molecule has 2 nitrogen and oxygen atoms in total. The van der Waals surface area contributed by atoms with Crippen LogP contribution in [-0.4, -0.2) is 5.91 Å². The first-order valence-electron chi connectivity index (χ1n) is 2.78. The largest absolute Gasteiger partial charge is 0.389 e. The van der Waals surface area contributed by atoms with Crippen LogP contribution >= 0.6 is 0 Å². The van der Waals surface area contributed by atoms with Crippen molar-refractivity contribution in [3.8, 4) is 0 Å². The Bertz CT molecular complexity index is 205. The van der Waals surface area contributed by atoms with Crippen LogP contribution in [0.4, 0.5) is 0 Å². The van der Waals surface area contributed by atoms with Gasteiger partial charge in [-0.25, -0.2) is 4.79 Å². The molecule has 0 aliphatic heterocycles. The van der Waals surface area contributed by atoms with Crippen LogP contribution in [0, 0.1) is 0 Å². The Labute approximate surface area is 53.8 Å². The molecular formula is C7H8NO+. The van der Waals surface area contributed by atoms with E-state index in [1.807, 2.05) is 18.2 Å². The average Bonchev–Trinajstić information content (AvgIpc) is 1.90. The van der Waals surface area contributed by atoms with E-state index in [9.17, 15) is 4.79 Å². The fourth-order valence-electron chi connectivity index (χ4n) is 0.609. The van der Waals surface area contributed by atoms with Gasteiger partial charge in [0.2, 0.25) is 0 Å². The fourth-order valence-corrected chi connectivity index (χ4v) is 0.609. The SMILES string of the molecule is CC(=O)[n+]1ccccc1. The second kappa shape index (κ2) is 2.40. The number of hydrogen-bond acceptors (Lipinski definition) is 1. The standard InChI is InChI=1S/C7H8NO/c1-7(9)8-5-3-2-4-6-8/h2-6H,1H3/q+1. The lowest BCUT2D eigenvalue weighted by molar-refractivity contribution is -0.572. The van der Waals surface area contributed by atoms with Gasteiger partial charge < -0.3 is 0 Å². The van der Waals surface area contributed by atoms with Crippen molar-refractivity contribution in [1.29, 1.82) is 0 Å². The zero-order valence-corrected chi connectivity index (χ0v) is 5.24. The summed E-state index contributed by atoms with van der Waals surface area (Å²) in [6, 6.07) is 5.52. The second-order valence-electron chi connectivity index (χ2n) is 1.80. The lowest BCUT2D eigenvalue weighted by Crippen LogP contribution is -2.38. The predicted octanol–water partition coefficient (Wildman–Crippen LogP) is 0.634. The lowest BCUT2D eigenvalue weighted by Gasteiger charge is -1.83. The van der Waals surface area contributed by atoms with E-state index in [1.165, 1.54) is 11.5 Å². The number of nitrogens with zero attached hydrogens (tertiary/aromatic N) is 1. The highest BCUT2D eigenvalue weighted by molar-refractivity contribution is 5.62. The summed E-state index contributed by atoms with van der Waals surface area (Å²) >= 11 is 0. The third kappa shape index (κ3) is 1.35. The van der Waals surface area contributed by atoms with Crippen LogP contribution in [0.25, 0.3) is 0 Å². The maximum absolute atomic E-state index is 10.6. The molecule has 0 aliphatic carbocycles. The van der Waals surface area contributed by atoms with Crippen LogP contribution < -0.4 is 4.57 Å². The summed E-state index contributed by atoms with van der Waals surface area (Å²) in [6.07, 6.45) is 3.45. The molecule has 1 rings (SSSR count). The number of pyridine rings is 1. The summed E-state index contributed by atoms with van der Waals surface area (Å²) in [7, 11) is 0. The summed E-state index contributed by atoms with van der Waals surface area (Å²) in [6.45, 7) is 1.53. The van der Waals surface area contributed by atoms with E-state index in [1.54, 1.807) is 12.4 Å². The predicted molar refractivity (Wildman–Crippen MR) is 32.9 cm³/mol. The molecule has 0 radical (unpaired) electrons. The molecule has 2 heteroatoms. The summed E-state index contributed by atoms with van der Waals surface area (Å²) in [5.41, 5.74) is 0. The molecule has 0 N–H and O–H groups in total. The van der Waals surface area contributed by atoms with Crippen LogP contribution in [0.1, 0.15) is 11.7 Å². The molecule has 1 heterocycles. The van der Waals surface area contributed by atoms with Crippen molar-refractivity contribution in [2.24, 2.45) is 0 Å². The van der Waals surface area contributed by atoms with Gasteiger partial charge in [0.15, 0.2) is 12.4 Å². The number of aromatic nitrogens is 1. The highest BCUT2D eigenvalue weighted by atomic mass is 16.1. The fraction of sp³-hybridized carbons (Fsp3) is 0.143. The molecule has 0 aliphatic rings. The van der Waals surface area contributed by atoms with Gasteiger partial charge in [-0.1, -0.05) is 6.07 Å². The molecule has 0 spiro atoms. The first-order valence-corrected chi connectivity index (χ1v) is 2.78. The summed E-state index contributed by atoms with van der Waals surface area (Å²) in [4.78, 5) is 10.6. The maximum atomic E-state index is 10.6. The molecule has 0 saturated heterocycles. The molecule has 0 bridgehead atoms. The average molecular weight is 122 g/mol. The third-order valence-corrected chi connectivity index (χ3v) is 1.08. The first-order chi connectivity index (χ1) is 4.30. The molecular weight excluding hydrogens is 114 g/mol. The lowest BCUT2D eigenvalue weighted by atomic mass is 10.5. The normalized spacial score (nSPS) is 9.00. The number of carbonyl (C=O) groups excluding carboxylic acids is 1. The minimum atomic E-state index is 0.0376. The first kappa shape index (κ1) is 5.95. The van der Waals surface area contributed by atoms with E-state index < -0.39 is 0 Å². The van der Waals surface area contributed by atoms with Crippen LogP contribution in [0.3, 0.4) is 0 Å². The smallest absolute Gasteiger partial charge is 0.220 e. The number of hydrogen-bond donors (Lipinski definition) is 0. The molecule has 0 atom stereocenters. The van der Waals surface area contributed by atoms with Crippen LogP contribution in [0.5, 0.6) is 0 Å². The monoisotopic (exact) mass is 122 g/mol. The Hall–Kier alpha value is -1.18. The van der Waals surface area contributed by atoms with Crippen LogP contribution in [0.15, 0.2) is 30.6 Å². The summed E-state index contributed by atoms with van der Waals surface area (Å²) in [5.74, 6) is 0.0376. The molecule has 0 saturated carbocycles. The highest BCUT2D eigenvalue weighted by Crippen LogP contribution is 1.75. The Morgan fingerprint density at radius 2 is 1.78 bits per heavy atom. The highest BCUT2D eigenvalue weighted by Gasteiger charge is 2.01. The van der Waals surface area contributed by atoms with Gasteiger partial charge in [0.05, 0.1) is 6.92 Å². The molecule has 1 aromatic rings. The van der Waals surface area contributed by atoms with Crippen molar-refractivity contribution in [2.45, 2.75) is 6.92 Å². The van der Waals surface area contributed by atoms with Gasteiger partial charge in [-0.05, 0) is 0 Å². The Balaban J connectivity index is 2.98. The molecule has 1 aromatic heterocycles. The minimum absolute atomic E-state index is 0.0376. The van der Waals surface area contributed by atoms with E-state index in [2.05, 4.69) is 0 Å². The Kier molecular flexibility index (Phi) is 1.58. The van der Waals surface area contributed by atoms with Crippen molar-refractivity contribution >= 4 is 5.91 Å². The molecule has 46 valence electrons. The third-order valence-electron chi connectivity index (χ3n) is 1.08. The molecule has 0 unspecified atom stereocenters.